The number of hydrogen-bond donors (Lipinski definition) is 1. The van der Waals surface area contributed by atoms with Crippen LogP contribution in [0.4, 0.5) is 0 Å². The van der Waals surface area contributed by atoms with Gasteiger partial charge in [0.2, 0.25) is 6.79 Å². The van der Waals surface area contributed by atoms with Gasteiger partial charge in [-0.25, -0.2) is 0 Å². The summed E-state index contributed by atoms with van der Waals surface area (Å²) in [5.74, 6) is 1.30. The minimum atomic E-state index is -3.49. The highest BCUT2D eigenvalue weighted by Crippen LogP contribution is 2.38. The molecule has 1 aromatic carbocycles. The molecule has 0 unspecified atom stereocenters. The molecule has 2 atom stereocenters. The Morgan fingerprint density at radius 2 is 1.69 bits per heavy atom. The largest absolute Gasteiger partial charge is 0.454 e. The summed E-state index contributed by atoms with van der Waals surface area (Å²) in [4.78, 5) is 0. The third kappa shape index (κ3) is 3.43. The molecule has 4 rings (SSSR count). The van der Waals surface area contributed by atoms with Crippen molar-refractivity contribution >= 4 is 10.2 Å². The van der Waals surface area contributed by atoms with Gasteiger partial charge in [-0.05, 0) is 37.0 Å². The molecular formula is C18H26N2O5S. The van der Waals surface area contributed by atoms with Gasteiger partial charge in [-0.1, -0.05) is 18.9 Å². The van der Waals surface area contributed by atoms with Gasteiger partial charge in [0.1, 0.15) is 0 Å². The molecule has 1 aromatic rings. The smallest absolute Gasteiger partial charge is 0.282 e. The number of fused-ring (bicyclic) bond motifs is 1. The van der Waals surface area contributed by atoms with Crippen molar-refractivity contribution in [1.29, 1.82) is 0 Å². The Labute approximate surface area is 154 Å². The highest BCUT2D eigenvalue weighted by molar-refractivity contribution is 7.86. The van der Waals surface area contributed by atoms with E-state index in [0.29, 0.717) is 37.6 Å². The van der Waals surface area contributed by atoms with Crippen LogP contribution in [-0.4, -0.2) is 61.2 Å². The van der Waals surface area contributed by atoms with E-state index in [-0.39, 0.29) is 19.3 Å². The molecule has 2 fully saturated rings. The van der Waals surface area contributed by atoms with Crippen LogP contribution in [0.15, 0.2) is 18.2 Å². The van der Waals surface area contributed by atoms with E-state index in [1.54, 1.807) is 4.31 Å². The standard InChI is InChI=1S/C18H26N2O5S/c21-16-12-20(26(22,23)19-8-3-1-2-4-9-19)10-7-15(16)14-5-6-17-18(11-14)25-13-24-17/h5-6,11,15-16,21H,1-4,7-10,12-13H2/t15-,16+/m0/s1. The Bertz CT molecular complexity index is 746. The maximum absolute atomic E-state index is 12.9. The summed E-state index contributed by atoms with van der Waals surface area (Å²) in [6.07, 6.45) is 3.85. The summed E-state index contributed by atoms with van der Waals surface area (Å²) >= 11 is 0. The van der Waals surface area contributed by atoms with Crippen molar-refractivity contribution in [3.63, 3.8) is 0 Å². The van der Waals surface area contributed by atoms with Crippen LogP contribution >= 0.6 is 0 Å². The fourth-order valence-corrected chi connectivity index (χ4v) is 5.80. The molecular weight excluding hydrogens is 356 g/mol. The zero-order valence-corrected chi connectivity index (χ0v) is 15.7. The van der Waals surface area contributed by atoms with Gasteiger partial charge in [-0.3, -0.25) is 0 Å². The lowest BCUT2D eigenvalue weighted by atomic mass is 9.88. The van der Waals surface area contributed by atoms with E-state index in [4.69, 9.17) is 9.47 Å². The Balaban J connectivity index is 1.46. The van der Waals surface area contributed by atoms with Crippen LogP contribution in [-0.2, 0) is 10.2 Å². The monoisotopic (exact) mass is 382 g/mol. The van der Waals surface area contributed by atoms with Gasteiger partial charge in [0.15, 0.2) is 11.5 Å². The molecule has 7 nitrogen and oxygen atoms in total. The quantitative estimate of drug-likeness (QED) is 0.861. The predicted molar refractivity (Wildman–Crippen MR) is 96.5 cm³/mol. The first kappa shape index (κ1) is 18.0. The lowest BCUT2D eigenvalue weighted by molar-refractivity contribution is 0.0825. The van der Waals surface area contributed by atoms with E-state index < -0.39 is 16.3 Å². The minimum absolute atomic E-state index is 0.0971. The van der Waals surface area contributed by atoms with Crippen LogP contribution in [0, 0.1) is 0 Å². The number of benzene rings is 1. The van der Waals surface area contributed by atoms with Crippen molar-refractivity contribution < 1.29 is 23.0 Å². The fraction of sp³-hybridized carbons (Fsp3) is 0.667. The van der Waals surface area contributed by atoms with E-state index in [1.165, 1.54) is 4.31 Å². The number of nitrogens with zero attached hydrogens (tertiary/aromatic N) is 2. The molecule has 144 valence electrons. The molecule has 0 radical (unpaired) electrons. The minimum Gasteiger partial charge on any atom is -0.454 e. The highest BCUT2D eigenvalue weighted by atomic mass is 32.2. The van der Waals surface area contributed by atoms with Crippen molar-refractivity contribution in [2.75, 3.05) is 33.0 Å². The van der Waals surface area contributed by atoms with Crippen molar-refractivity contribution in [1.82, 2.24) is 8.61 Å². The number of rotatable bonds is 3. The molecule has 0 bridgehead atoms. The molecule has 0 saturated carbocycles. The Hall–Kier alpha value is -1.35. The molecule has 0 aliphatic carbocycles. The van der Waals surface area contributed by atoms with E-state index in [2.05, 4.69) is 0 Å². The first-order valence-electron chi connectivity index (χ1n) is 9.38. The molecule has 2 saturated heterocycles. The topological polar surface area (TPSA) is 79.3 Å². The van der Waals surface area contributed by atoms with Crippen molar-refractivity contribution in [2.45, 2.75) is 44.1 Å². The number of β-amino-alcohol motifs (C(OH)–C–C–N with tert-alkyl or cyclic N) is 1. The number of aliphatic hydroxyl groups is 1. The van der Waals surface area contributed by atoms with E-state index in [1.807, 2.05) is 18.2 Å². The molecule has 26 heavy (non-hydrogen) atoms. The van der Waals surface area contributed by atoms with Gasteiger partial charge in [0, 0.05) is 32.1 Å². The summed E-state index contributed by atoms with van der Waals surface area (Å²) in [5.41, 5.74) is 0.966. The number of piperidine rings is 1. The Morgan fingerprint density at radius 3 is 2.42 bits per heavy atom. The molecule has 0 spiro atoms. The van der Waals surface area contributed by atoms with Crippen LogP contribution in [0.25, 0.3) is 0 Å². The van der Waals surface area contributed by atoms with Gasteiger partial charge in [-0.15, -0.1) is 0 Å². The molecule has 8 heteroatoms. The molecule has 3 aliphatic rings. The SMILES string of the molecule is O=S(=O)(N1CCCCCC1)N1CC[C@@H](c2ccc3c(c2)OCO3)[C@H](O)C1. The van der Waals surface area contributed by atoms with Crippen LogP contribution in [0.3, 0.4) is 0 Å². The summed E-state index contributed by atoms with van der Waals surface area (Å²) in [6, 6.07) is 5.68. The average molecular weight is 382 g/mol. The summed E-state index contributed by atoms with van der Waals surface area (Å²) in [7, 11) is -3.49. The van der Waals surface area contributed by atoms with Crippen molar-refractivity contribution in [3.05, 3.63) is 23.8 Å². The van der Waals surface area contributed by atoms with Gasteiger partial charge in [-0.2, -0.15) is 17.0 Å². The maximum Gasteiger partial charge on any atom is 0.282 e. The van der Waals surface area contributed by atoms with Gasteiger partial charge in [0.05, 0.1) is 6.10 Å². The summed E-state index contributed by atoms with van der Waals surface area (Å²) in [6.45, 7) is 1.95. The predicted octanol–water partition coefficient (Wildman–Crippen LogP) is 1.69. The van der Waals surface area contributed by atoms with Crippen LogP contribution in [0.1, 0.15) is 43.6 Å². The zero-order valence-electron chi connectivity index (χ0n) is 14.8. The Morgan fingerprint density at radius 1 is 0.962 bits per heavy atom. The fourth-order valence-electron chi connectivity index (χ4n) is 4.08. The van der Waals surface area contributed by atoms with Gasteiger partial charge in [0.25, 0.3) is 10.2 Å². The molecule has 0 aromatic heterocycles. The third-order valence-electron chi connectivity index (χ3n) is 5.59. The lowest BCUT2D eigenvalue weighted by Crippen LogP contribution is -2.51. The zero-order chi connectivity index (χ0) is 18.1. The van der Waals surface area contributed by atoms with E-state index >= 15 is 0 Å². The molecule has 0 amide bonds. The normalized spacial score (nSPS) is 28.0. The first-order valence-corrected chi connectivity index (χ1v) is 10.8. The molecule has 1 N–H and O–H groups in total. The second-order valence-corrected chi connectivity index (χ2v) is 9.18. The van der Waals surface area contributed by atoms with E-state index in [9.17, 15) is 13.5 Å². The van der Waals surface area contributed by atoms with E-state index in [0.717, 1.165) is 31.2 Å². The Kier molecular flexibility index (Phi) is 5.09. The summed E-state index contributed by atoms with van der Waals surface area (Å²) < 4.78 is 39.7. The summed E-state index contributed by atoms with van der Waals surface area (Å²) in [5, 5.41) is 10.7. The average Bonchev–Trinajstić information content (AvgIpc) is 2.92. The number of ether oxygens (including phenoxy) is 2. The van der Waals surface area contributed by atoms with Crippen molar-refractivity contribution in [2.24, 2.45) is 0 Å². The number of aliphatic hydroxyl groups excluding tert-OH is 1. The second kappa shape index (κ2) is 7.34. The van der Waals surface area contributed by atoms with Crippen LogP contribution in [0.2, 0.25) is 0 Å². The second-order valence-electron chi connectivity index (χ2n) is 7.25. The third-order valence-corrected chi connectivity index (χ3v) is 7.59. The van der Waals surface area contributed by atoms with Crippen molar-refractivity contribution in [3.8, 4) is 11.5 Å². The maximum atomic E-state index is 12.9. The lowest BCUT2D eigenvalue weighted by Gasteiger charge is -2.37. The molecule has 3 heterocycles. The molecule has 3 aliphatic heterocycles. The number of hydrogen-bond acceptors (Lipinski definition) is 5. The van der Waals surface area contributed by atoms with Gasteiger partial charge < -0.3 is 14.6 Å². The highest BCUT2D eigenvalue weighted by Gasteiger charge is 2.38. The van der Waals surface area contributed by atoms with Crippen LogP contribution < -0.4 is 9.47 Å². The van der Waals surface area contributed by atoms with Crippen LogP contribution in [0.5, 0.6) is 11.5 Å². The first-order chi connectivity index (χ1) is 12.6. The van der Waals surface area contributed by atoms with Gasteiger partial charge >= 0.3 is 0 Å².